The number of nitrogens with one attached hydrogen (secondary N) is 6. The van der Waals surface area contributed by atoms with Crippen molar-refractivity contribution in [1.82, 2.24) is 41.7 Å². The number of aliphatic imine (C=N–C) groups is 4. The number of nitrogens with zero attached hydrogens (tertiary/aromatic N) is 6. The van der Waals surface area contributed by atoms with Gasteiger partial charge in [0.15, 0.2) is 0 Å². The molecular formula is C33H50B6Br2N12O4W16Y4-4. The van der Waals surface area contributed by atoms with Gasteiger partial charge in [0, 0.05) is 177 Å². The van der Waals surface area contributed by atoms with Gasteiger partial charge in [0.05, 0.1) is 0 Å². The molecule has 16 nitrogen and oxygen atoms in total. The minimum atomic E-state index is -0.174. The normalized spacial score (nSPS) is 11.0. The van der Waals surface area contributed by atoms with Crippen LogP contribution in [0.4, 0.5) is 0 Å². The van der Waals surface area contributed by atoms with Crippen LogP contribution < -0.4 is 31.9 Å². The first-order valence-corrected chi connectivity index (χ1v) is 76.8. The molecule has 410 valence electrons. The molecule has 0 saturated heterocycles. The maximum atomic E-state index is 11.4. The number of hydrogen-bond acceptors (Lipinski definition) is 12. The molecule has 4 rings (SSSR count). The molecule has 4 aliphatic rings. The Balaban J connectivity index is -0.0000000402. The van der Waals surface area contributed by atoms with Gasteiger partial charge in [-0.2, -0.15) is 0 Å². The largest absolute Gasteiger partial charge is 0 e. The predicted molar refractivity (Wildman–Crippen MR) is 258 cm³/mol. The third-order valence-electron chi connectivity index (χ3n) is 5.24. The number of carbonyl (C=O) groups is 4. The first kappa shape index (κ1) is 129. The molecule has 0 saturated carbocycles. The second-order valence-electron chi connectivity index (χ2n) is 8.89. The average Bonchev–Trinajstić information content (AvgIpc) is 4.10. The van der Waals surface area contributed by atoms with Crippen LogP contribution in [0, 0.1) is 26.2 Å². The Morgan fingerprint density at radius 3 is 0.792 bits per heavy atom. The van der Waals surface area contributed by atoms with Crippen LogP contribution in [0.25, 0.3) is 0 Å². The molecule has 16 radical (unpaired) electrons. The molecule has 0 unspecified atom stereocenters. The molecule has 0 fully saturated rings. The van der Waals surface area contributed by atoms with E-state index in [2.05, 4.69) is 115 Å². The van der Waals surface area contributed by atoms with E-state index in [1.165, 1.54) is 155 Å². The number of amides is 4. The molecule has 0 spiro atoms. The zero-order chi connectivity index (χ0) is 59.0. The van der Waals surface area contributed by atoms with Crippen molar-refractivity contribution in [2.75, 3.05) is 25.8 Å². The first-order chi connectivity index (χ1) is 33.9. The topological polar surface area (TPSA) is 196 Å². The van der Waals surface area contributed by atoms with Crippen molar-refractivity contribution in [2.24, 2.45) is 20.0 Å². The van der Waals surface area contributed by atoms with Gasteiger partial charge in [0.25, 0.3) is 0 Å². The maximum absolute atomic E-state index is 11.4. The number of carbonyl (C=O) groups excluding carboxylic acids is 4. The molecule has 4 amide bonds. The zero-order valence-electron chi connectivity index (χ0n) is 42.7. The summed E-state index contributed by atoms with van der Waals surface area (Å²) in [6, 6.07) is 0. The Kier molecular flexibility index (Phi) is 169. The minimum Gasteiger partial charge on any atom is 0 e. The van der Waals surface area contributed by atoms with Gasteiger partial charge in [-0.05, 0) is 11.7 Å². The van der Waals surface area contributed by atoms with Gasteiger partial charge < -0.3 is 0 Å². The quantitative estimate of drug-likeness (QED) is 0.0883. The number of rotatable bonds is 8. The van der Waals surface area contributed by atoms with Crippen molar-refractivity contribution in [1.29, 1.82) is 0 Å². The summed E-state index contributed by atoms with van der Waals surface area (Å²) in [6.07, 6.45) is 0. The Morgan fingerprint density at radius 2 is 0.662 bits per heavy atom. The van der Waals surface area contributed by atoms with Crippen LogP contribution in [0.1, 0.15) is 62.8 Å². The standard InChI is InChI=1S/2C7H8N3O.2C6H6N3O.2C2H6.2CH3Br.CH4.B3.B2.B.16W.4Y/c2*1-3-8-7(11)6-9-4-5-10(6)2;2*1-2-7-6(10)5-8-3-4-9-5;4*1-2;;1-3-2;1-2;;;;;;;;;;;;;;;;;;;;;/h2*3H,1-2H3,(H,8,11);2*2,8H,1H3,(H,7,10);2*1-2H3;2*1H3;1H4;;;;;;;;;;;;;;;;;;;;;;;/q4*-1;;;;;;;;;;;;;;;;;;;;;;;;;;;;. The molecule has 0 aromatic rings. The Hall–Kier alpha value is 11.5. The van der Waals surface area contributed by atoms with Gasteiger partial charge in [-0.1, -0.05) is 67.0 Å². The zero-order valence-corrected chi connectivity index (χ0v) is 104. The molecule has 4 aliphatic heterocycles. The second kappa shape index (κ2) is 101. The molecule has 44 heteroatoms. The van der Waals surface area contributed by atoms with E-state index in [4.69, 9.17) is 0 Å². The van der Waals surface area contributed by atoms with Crippen molar-refractivity contribution < 1.29 is 435 Å². The summed E-state index contributed by atoms with van der Waals surface area (Å²) >= 11 is 29.7. The van der Waals surface area contributed by atoms with Gasteiger partial charge in [-0.3, -0.25) is 0 Å². The third kappa shape index (κ3) is 70.1. The van der Waals surface area contributed by atoms with Gasteiger partial charge in [0.1, 0.15) is 0 Å². The van der Waals surface area contributed by atoms with E-state index in [0.29, 0.717) is 23.3 Å². The van der Waals surface area contributed by atoms with Crippen LogP contribution >= 0.6 is 31.9 Å². The van der Waals surface area contributed by atoms with Gasteiger partial charge in [-0.25, -0.2) is 0 Å². The van der Waals surface area contributed by atoms with Crippen LogP contribution in [-0.4, -0.2) is 161 Å². The molecule has 6 N–H and O–H groups in total. The summed E-state index contributed by atoms with van der Waals surface area (Å²) in [5.41, 5.74) is 0. The molecule has 0 atom stereocenters. The van der Waals surface area contributed by atoms with Crippen LogP contribution in [-0.2, 0) is 435 Å². The van der Waals surface area contributed by atoms with Crippen LogP contribution in [0.5, 0.6) is 0 Å². The molecule has 0 aromatic heterocycles. The fraction of sp³-hybridized carbons (Fsp3) is 0.394. The van der Waals surface area contributed by atoms with Crippen LogP contribution in [0.2, 0.25) is 0 Å². The smallest absolute Gasteiger partial charge is 0 e. The summed E-state index contributed by atoms with van der Waals surface area (Å²) in [4.78, 5) is 65.6. The van der Waals surface area contributed by atoms with Crippen molar-refractivity contribution >= 4 is 157 Å². The fourth-order valence-corrected chi connectivity index (χ4v) is 7.61. The SMILES string of the molecule is C.CBr.CBr.CC.CC.C[CH-]NC(=O)C1=N[C](=[W])[C](=[W])N1.C[CH-]NC(=O)C1=N[C](=[W])[C](=[W])N1.C[CH-]NC(=O)C1=N[C](=[W])[C](=[W])N1C.C[CH-]NC(=O)C1=N[C](=[W])[C](=[W])N1C.[B].[B][B].[B][B][B].[W]=[W].[W]=[W].[W]=[W].[W]=[W].[Y].[Y].[Y].[Y]. The number of alkyl halides is 2. The number of likely N-dealkylation sites (N-methyl/N-ethyl adjacent to an activating group) is 2. The Bertz CT molecular complexity index is 1720. The molecule has 4 heterocycles. The van der Waals surface area contributed by atoms with E-state index in [9.17, 15) is 19.2 Å². The molecule has 0 aliphatic carbocycles. The van der Waals surface area contributed by atoms with Crippen LogP contribution in [0.15, 0.2) is 20.0 Å². The third-order valence-corrected chi connectivity index (χ3v) is 23.0. The molecule has 77 heavy (non-hydrogen) atoms. The minimum absolute atomic E-state index is 0. The molecular weight excluding hydrogens is 4150 g/mol. The average molecular weight is 4200 g/mol. The van der Waals surface area contributed by atoms with Gasteiger partial charge in [-0.15, -0.1) is 0 Å². The summed E-state index contributed by atoms with van der Waals surface area (Å²) in [7, 11) is 21.7. The Labute approximate surface area is 750 Å². The van der Waals surface area contributed by atoms with E-state index in [1.54, 1.807) is 184 Å². The number of hydrogen-bond donors (Lipinski definition) is 6. The second-order valence-corrected chi connectivity index (χ2v) is 20.2. The van der Waals surface area contributed by atoms with Crippen molar-refractivity contribution in [3.63, 3.8) is 0 Å². The summed E-state index contributed by atoms with van der Waals surface area (Å²) in [5.74, 6) is 4.80. The van der Waals surface area contributed by atoms with Crippen molar-refractivity contribution in [3.05, 3.63) is 26.2 Å². The number of amidine groups is 4. The fourth-order valence-electron chi connectivity index (χ4n) is 3.01. The molecule has 0 bridgehead atoms. The van der Waals surface area contributed by atoms with Crippen molar-refractivity contribution in [2.45, 2.75) is 62.8 Å². The van der Waals surface area contributed by atoms with Crippen LogP contribution in [0.3, 0.4) is 0 Å². The van der Waals surface area contributed by atoms with Gasteiger partial charge in [0.2, 0.25) is 0 Å². The first-order valence-electron chi connectivity index (χ1n) is 17.9. The van der Waals surface area contributed by atoms with Gasteiger partial charge >= 0.3 is 513 Å². The van der Waals surface area contributed by atoms with E-state index in [-0.39, 0.29) is 170 Å². The van der Waals surface area contributed by atoms with Crippen molar-refractivity contribution in [3.8, 4) is 0 Å². The maximum Gasteiger partial charge on any atom is 0 e. The Morgan fingerprint density at radius 1 is 0.481 bits per heavy atom. The van der Waals surface area contributed by atoms with E-state index < -0.39 is 0 Å². The van der Waals surface area contributed by atoms with E-state index in [1.807, 2.05) is 63.3 Å². The molecule has 0 aromatic carbocycles. The number of halogens is 2. The van der Waals surface area contributed by atoms with E-state index in [0.717, 1.165) is 39.2 Å². The monoisotopic (exact) mass is 4200 g/mol. The predicted octanol–water partition coefficient (Wildman–Crippen LogP) is -2.36. The summed E-state index contributed by atoms with van der Waals surface area (Å²) < 4.78 is 8.35. The summed E-state index contributed by atoms with van der Waals surface area (Å²) in [6.45, 7) is 21.5. The summed E-state index contributed by atoms with van der Waals surface area (Å²) in [5, 5.41) is 16.2. The van der Waals surface area contributed by atoms with E-state index >= 15 is 0 Å².